The summed E-state index contributed by atoms with van der Waals surface area (Å²) in [6, 6.07) is 5.45. The first-order valence-corrected chi connectivity index (χ1v) is 5.16. The van der Waals surface area contributed by atoms with E-state index in [0.717, 1.165) is 10.0 Å². The minimum atomic E-state index is -0.348. The van der Waals surface area contributed by atoms with E-state index in [1.165, 1.54) is 0 Å². The Labute approximate surface area is 95.9 Å². The second-order valence-electron chi connectivity index (χ2n) is 2.74. The third-order valence-corrected chi connectivity index (χ3v) is 2.53. The fourth-order valence-corrected chi connectivity index (χ4v) is 1.50. The molecule has 0 aliphatic rings. The molecule has 14 heavy (non-hydrogen) atoms. The Balaban J connectivity index is 2.80. The third-order valence-electron chi connectivity index (χ3n) is 1.57. The quantitative estimate of drug-likeness (QED) is 0.904. The summed E-state index contributed by atoms with van der Waals surface area (Å²) in [7, 11) is 0. The molecule has 0 aliphatic carbocycles. The van der Waals surface area contributed by atoms with E-state index in [2.05, 4.69) is 15.9 Å². The Hall–Kier alpha value is -0.800. The Kier molecular flexibility index (Phi) is 4.17. The summed E-state index contributed by atoms with van der Waals surface area (Å²) in [4.78, 5) is 10.5. The summed E-state index contributed by atoms with van der Waals surface area (Å²) in [6.45, 7) is 0. The maximum atomic E-state index is 10.5. The van der Waals surface area contributed by atoms with E-state index in [4.69, 9.17) is 17.3 Å². The van der Waals surface area contributed by atoms with Crippen molar-refractivity contribution in [1.29, 1.82) is 0 Å². The first-order valence-electron chi connectivity index (χ1n) is 3.99. The summed E-state index contributed by atoms with van der Waals surface area (Å²) < 4.78 is 0.933. The minimum Gasteiger partial charge on any atom is -0.369 e. The molecule has 1 aromatic rings. The summed E-state index contributed by atoms with van der Waals surface area (Å²) in [6.07, 6.45) is 3.75. The Morgan fingerprint density at radius 2 is 2.29 bits per heavy atom. The molecule has 4 heteroatoms. The highest BCUT2D eigenvalue weighted by molar-refractivity contribution is 9.10. The zero-order chi connectivity index (χ0) is 10.6. The van der Waals surface area contributed by atoms with Gasteiger partial charge in [0, 0.05) is 15.9 Å². The van der Waals surface area contributed by atoms with Crippen molar-refractivity contribution in [1.82, 2.24) is 0 Å². The maximum absolute atomic E-state index is 10.5. The molecule has 2 nitrogen and oxygen atoms in total. The van der Waals surface area contributed by atoms with E-state index in [-0.39, 0.29) is 12.3 Å². The lowest BCUT2D eigenvalue weighted by Crippen LogP contribution is -2.07. The Morgan fingerprint density at radius 3 is 2.93 bits per heavy atom. The van der Waals surface area contributed by atoms with Gasteiger partial charge in [-0.2, -0.15) is 0 Å². The standard InChI is InChI=1S/C10H9BrClNO/c11-9-5-4-8(12)6-7(9)2-1-3-10(13)14/h1-2,4-6H,3H2,(H2,13,14). The number of primary amides is 1. The number of carbonyl (C=O) groups is 1. The number of hydrogen-bond donors (Lipinski definition) is 1. The maximum Gasteiger partial charge on any atom is 0.221 e. The van der Waals surface area contributed by atoms with E-state index in [1.54, 1.807) is 18.2 Å². The van der Waals surface area contributed by atoms with Crippen LogP contribution in [0.1, 0.15) is 12.0 Å². The van der Waals surface area contributed by atoms with Crippen LogP contribution in [0.4, 0.5) is 0 Å². The second kappa shape index (κ2) is 5.17. The Morgan fingerprint density at radius 1 is 1.57 bits per heavy atom. The molecule has 0 saturated heterocycles. The first kappa shape index (κ1) is 11.3. The number of benzene rings is 1. The van der Waals surface area contributed by atoms with Crippen LogP contribution < -0.4 is 5.73 Å². The van der Waals surface area contributed by atoms with Gasteiger partial charge in [0.05, 0.1) is 0 Å². The van der Waals surface area contributed by atoms with Gasteiger partial charge in [-0.25, -0.2) is 0 Å². The molecule has 0 heterocycles. The van der Waals surface area contributed by atoms with Gasteiger partial charge in [0.1, 0.15) is 0 Å². The predicted octanol–water partition coefficient (Wildman–Crippen LogP) is 2.99. The van der Waals surface area contributed by atoms with Crippen molar-refractivity contribution in [3.8, 4) is 0 Å². The second-order valence-corrected chi connectivity index (χ2v) is 4.03. The smallest absolute Gasteiger partial charge is 0.221 e. The highest BCUT2D eigenvalue weighted by atomic mass is 79.9. The largest absolute Gasteiger partial charge is 0.369 e. The number of carbonyl (C=O) groups excluding carboxylic acids is 1. The summed E-state index contributed by atoms with van der Waals surface area (Å²) in [5.74, 6) is -0.348. The monoisotopic (exact) mass is 273 g/mol. The minimum absolute atomic E-state index is 0.235. The van der Waals surface area contributed by atoms with Crippen molar-refractivity contribution in [2.45, 2.75) is 6.42 Å². The molecule has 1 amide bonds. The van der Waals surface area contributed by atoms with E-state index in [9.17, 15) is 4.79 Å². The average molecular weight is 275 g/mol. The van der Waals surface area contributed by atoms with Crippen molar-refractivity contribution in [3.05, 3.63) is 39.3 Å². The highest BCUT2D eigenvalue weighted by Crippen LogP contribution is 2.22. The average Bonchev–Trinajstić information content (AvgIpc) is 2.10. The third kappa shape index (κ3) is 3.52. The number of amides is 1. The lowest BCUT2D eigenvalue weighted by atomic mass is 10.2. The molecule has 1 rings (SSSR count). The van der Waals surface area contributed by atoms with E-state index in [0.29, 0.717) is 5.02 Å². The van der Waals surface area contributed by atoms with Gasteiger partial charge in [-0.15, -0.1) is 0 Å². The molecule has 74 valence electrons. The molecule has 0 atom stereocenters. The van der Waals surface area contributed by atoms with Gasteiger partial charge in [-0.05, 0) is 23.8 Å². The van der Waals surface area contributed by atoms with Gasteiger partial charge in [0.2, 0.25) is 5.91 Å². The summed E-state index contributed by atoms with van der Waals surface area (Å²) in [5, 5.41) is 0.659. The fourth-order valence-electron chi connectivity index (χ4n) is 0.944. The van der Waals surface area contributed by atoms with Crippen LogP contribution in [-0.2, 0) is 4.79 Å². The molecule has 0 saturated carbocycles. The molecule has 1 aromatic carbocycles. The molecule has 0 radical (unpaired) electrons. The van der Waals surface area contributed by atoms with E-state index < -0.39 is 0 Å². The fraction of sp³-hybridized carbons (Fsp3) is 0.100. The lowest BCUT2D eigenvalue weighted by Gasteiger charge is -1.98. The van der Waals surface area contributed by atoms with E-state index >= 15 is 0 Å². The van der Waals surface area contributed by atoms with Crippen molar-refractivity contribution < 1.29 is 4.79 Å². The van der Waals surface area contributed by atoms with Gasteiger partial charge in [-0.3, -0.25) is 4.79 Å². The molecule has 0 aliphatic heterocycles. The topological polar surface area (TPSA) is 43.1 Å². The highest BCUT2D eigenvalue weighted by Gasteiger charge is 1.96. The number of hydrogen-bond acceptors (Lipinski definition) is 1. The van der Waals surface area contributed by atoms with Crippen LogP contribution >= 0.6 is 27.5 Å². The zero-order valence-corrected chi connectivity index (χ0v) is 9.68. The van der Waals surface area contributed by atoms with Crippen molar-refractivity contribution in [2.75, 3.05) is 0 Å². The van der Waals surface area contributed by atoms with Crippen LogP contribution in [0.2, 0.25) is 5.02 Å². The van der Waals surface area contributed by atoms with Gasteiger partial charge >= 0.3 is 0 Å². The normalized spacial score (nSPS) is 10.7. The van der Waals surface area contributed by atoms with Crippen molar-refractivity contribution in [3.63, 3.8) is 0 Å². The lowest BCUT2D eigenvalue weighted by molar-refractivity contribution is -0.117. The van der Waals surface area contributed by atoms with Crippen LogP contribution in [0.3, 0.4) is 0 Å². The molecule has 0 spiro atoms. The van der Waals surface area contributed by atoms with Gasteiger partial charge in [0.25, 0.3) is 0 Å². The summed E-state index contributed by atoms with van der Waals surface area (Å²) in [5.41, 5.74) is 5.93. The SMILES string of the molecule is NC(=O)CC=Cc1cc(Cl)ccc1Br. The molecule has 0 unspecified atom stereocenters. The van der Waals surface area contributed by atoms with Crippen molar-refractivity contribution in [2.24, 2.45) is 5.73 Å². The molecule has 0 aromatic heterocycles. The summed E-state index contributed by atoms with van der Waals surface area (Å²) >= 11 is 9.18. The first-order chi connectivity index (χ1) is 6.59. The van der Waals surface area contributed by atoms with Gasteiger partial charge < -0.3 is 5.73 Å². The van der Waals surface area contributed by atoms with Crippen LogP contribution in [0, 0.1) is 0 Å². The molecule has 0 fully saturated rings. The number of halogens is 2. The number of rotatable bonds is 3. The van der Waals surface area contributed by atoms with Crippen molar-refractivity contribution >= 4 is 39.5 Å². The van der Waals surface area contributed by atoms with Crippen LogP contribution in [0.15, 0.2) is 28.7 Å². The molecule has 2 N–H and O–H groups in total. The Bertz CT molecular complexity index is 376. The molecular weight excluding hydrogens is 265 g/mol. The molecule has 0 bridgehead atoms. The van der Waals surface area contributed by atoms with Crippen LogP contribution in [0.25, 0.3) is 6.08 Å². The molecular formula is C10H9BrClNO. The van der Waals surface area contributed by atoms with Gasteiger partial charge in [-0.1, -0.05) is 39.7 Å². The van der Waals surface area contributed by atoms with Crippen LogP contribution in [0.5, 0.6) is 0 Å². The van der Waals surface area contributed by atoms with Gasteiger partial charge in [0.15, 0.2) is 0 Å². The zero-order valence-electron chi connectivity index (χ0n) is 7.34. The van der Waals surface area contributed by atoms with E-state index in [1.807, 2.05) is 12.1 Å². The predicted molar refractivity (Wildman–Crippen MR) is 62.0 cm³/mol. The number of nitrogens with two attached hydrogens (primary N) is 1. The van der Waals surface area contributed by atoms with Crippen LogP contribution in [-0.4, -0.2) is 5.91 Å².